The Bertz CT molecular complexity index is 526. The van der Waals surface area contributed by atoms with Crippen LogP contribution in [0.1, 0.15) is 56.3 Å². The van der Waals surface area contributed by atoms with Gasteiger partial charge in [-0.15, -0.1) is 0 Å². The lowest BCUT2D eigenvalue weighted by Crippen LogP contribution is -2.47. The van der Waals surface area contributed by atoms with E-state index in [4.69, 9.17) is 0 Å². The van der Waals surface area contributed by atoms with Crippen LogP contribution in [0.15, 0.2) is 6.07 Å². The van der Waals surface area contributed by atoms with Crippen LogP contribution in [0.2, 0.25) is 0 Å². The molecule has 2 heterocycles. The highest BCUT2D eigenvalue weighted by molar-refractivity contribution is 5.79. The second-order valence-electron chi connectivity index (χ2n) is 7.06. The Morgan fingerprint density at radius 3 is 2.26 bits per heavy atom. The summed E-state index contributed by atoms with van der Waals surface area (Å²) in [5.41, 5.74) is 2.03. The third-order valence-corrected chi connectivity index (χ3v) is 5.07. The summed E-state index contributed by atoms with van der Waals surface area (Å²) >= 11 is 0. The second-order valence-corrected chi connectivity index (χ2v) is 7.06. The molecule has 1 saturated heterocycles. The van der Waals surface area contributed by atoms with Crippen LogP contribution in [-0.2, 0) is 4.79 Å². The van der Waals surface area contributed by atoms with Crippen molar-refractivity contribution < 1.29 is 4.79 Å². The molecule has 1 aromatic heterocycles. The summed E-state index contributed by atoms with van der Waals surface area (Å²) in [5, 5.41) is 3.28. The molecule has 0 spiro atoms. The van der Waals surface area contributed by atoms with Crippen LogP contribution in [-0.4, -0.2) is 35.0 Å². The lowest BCUT2D eigenvalue weighted by molar-refractivity contribution is -0.126. The Hall–Kier alpha value is -1.65. The van der Waals surface area contributed by atoms with Gasteiger partial charge in [-0.25, -0.2) is 9.97 Å². The maximum absolute atomic E-state index is 12.4. The molecule has 0 unspecified atom stereocenters. The van der Waals surface area contributed by atoms with Gasteiger partial charge < -0.3 is 10.2 Å². The van der Waals surface area contributed by atoms with Gasteiger partial charge in [0.25, 0.3) is 0 Å². The van der Waals surface area contributed by atoms with Gasteiger partial charge >= 0.3 is 0 Å². The van der Waals surface area contributed by atoms with Gasteiger partial charge in [0, 0.05) is 36.4 Å². The topological polar surface area (TPSA) is 58.1 Å². The Kier molecular flexibility index (Phi) is 5.13. The van der Waals surface area contributed by atoms with Crippen LogP contribution in [0.5, 0.6) is 0 Å². The molecule has 1 aromatic rings. The predicted octanol–water partition coefficient (Wildman–Crippen LogP) is 2.76. The van der Waals surface area contributed by atoms with Crippen molar-refractivity contribution >= 4 is 11.9 Å². The van der Waals surface area contributed by atoms with Crippen LogP contribution in [0.4, 0.5) is 5.95 Å². The average molecular weight is 316 g/mol. The molecule has 1 N–H and O–H groups in total. The van der Waals surface area contributed by atoms with Crippen molar-refractivity contribution in [2.24, 2.45) is 5.92 Å². The number of hydrogen-bond acceptors (Lipinski definition) is 4. The highest BCUT2D eigenvalue weighted by Crippen LogP contribution is 2.24. The molecule has 0 bridgehead atoms. The number of piperidine rings is 1. The molecule has 1 amide bonds. The van der Waals surface area contributed by atoms with Crippen LogP contribution in [0.25, 0.3) is 0 Å². The third-order valence-electron chi connectivity index (χ3n) is 5.07. The zero-order chi connectivity index (χ0) is 16.2. The monoisotopic (exact) mass is 316 g/mol. The highest BCUT2D eigenvalue weighted by atomic mass is 16.1. The summed E-state index contributed by atoms with van der Waals surface area (Å²) in [4.78, 5) is 23.7. The lowest BCUT2D eigenvalue weighted by atomic mass is 9.88. The van der Waals surface area contributed by atoms with Crippen LogP contribution < -0.4 is 10.2 Å². The summed E-state index contributed by atoms with van der Waals surface area (Å²) in [7, 11) is 0. The minimum atomic E-state index is 0.254. The molecule has 1 aliphatic carbocycles. The van der Waals surface area contributed by atoms with Crippen molar-refractivity contribution in [2.45, 2.75) is 64.8 Å². The van der Waals surface area contributed by atoms with E-state index in [1.54, 1.807) is 0 Å². The first-order valence-electron chi connectivity index (χ1n) is 8.99. The molecule has 0 atom stereocenters. The Morgan fingerprint density at radius 1 is 1.04 bits per heavy atom. The van der Waals surface area contributed by atoms with Crippen LogP contribution in [0, 0.1) is 19.8 Å². The smallest absolute Gasteiger partial charge is 0.225 e. The van der Waals surface area contributed by atoms with Gasteiger partial charge in [0.15, 0.2) is 0 Å². The maximum atomic E-state index is 12.4. The fourth-order valence-electron chi connectivity index (χ4n) is 3.76. The number of aromatic nitrogens is 2. The first-order valence-corrected chi connectivity index (χ1v) is 8.99. The minimum absolute atomic E-state index is 0.254. The number of rotatable bonds is 3. The third kappa shape index (κ3) is 4.21. The van der Waals surface area contributed by atoms with Crippen LogP contribution >= 0.6 is 0 Å². The largest absolute Gasteiger partial charge is 0.353 e. The fraction of sp³-hybridized carbons (Fsp3) is 0.722. The summed E-state index contributed by atoms with van der Waals surface area (Å²) in [6, 6.07) is 2.31. The number of carbonyl (C=O) groups is 1. The van der Waals surface area contributed by atoms with Crippen LogP contribution in [0.3, 0.4) is 0 Å². The predicted molar refractivity (Wildman–Crippen MR) is 91.5 cm³/mol. The van der Waals surface area contributed by atoms with Crippen molar-refractivity contribution in [1.29, 1.82) is 0 Å². The molecule has 0 radical (unpaired) electrons. The number of amides is 1. The van der Waals surface area contributed by atoms with Gasteiger partial charge in [0.1, 0.15) is 0 Å². The van der Waals surface area contributed by atoms with Gasteiger partial charge in [-0.05, 0) is 45.6 Å². The molecule has 2 aliphatic rings. The van der Waals surface area contributed by atoms with Crippen molar-refractivity contribution in [3.05, 3.63) is 17.5 Å². The number of aryl methyl sites for hydroxylation is 2. The summed E-state index contributed by atoms with van der Waals surface area (Å²) < 4.78 is 0. The highest BCUT2D eigenvalue weighted by Gasteiger charge is 2.26. The van der Waals surface area contributed by atoms with Gasteiger partial charge in [-0.2, -0.15) is 0 Å². The Labute approximate surface area is 138 Å². The number of anilines is 1. The van der Waals surface area contributed by atoms with Crippen molar-refractivity contribution in [3.63, 3.8) is 0 Å². The molecule has 1 saturated carbocycles. The van der Waals surface area contributed by atoms with E-state index in [0.29, 0.717) is 6.04 Å². The van der Waals surface area contributed by atoms with Crippen molar-refractivity contribution in [1.82, 2.24) is 15.3 Å². The van der Waals surface area contributed by atoms with Gasteiger partial charge in [0.2, 0.25) is 11.9 Å². The molecule has 2 fully saturated rings. The number of hydrogen-bond donors (Lipinski definition) is 1. The SMILES string of the molecule is Cc1cc(C)nc(N2CCC(NC(=O)C3CCCCC3)CC2)n1. The molecule has 1 aliphatic heterocycles. The van der Waals surface area contributed by atoms with Crippen molar-refractivity contribution in [2.75, 3.05) is 18.0 Å². The van der Waals surface area contributed by atoms with E-state index in [2.05, 4.69) is 20.2 Å². The number of carbonyl (C=O) groups excluding carboxylic acids is 1. The summed E-state index contributed by atoms with van der Waals surface area (Å²) in [5.74, 6) is 1.37. The Morgan fingerprint density at radius 2 is 1.65 bits per heavy atom. The summed E-state index contributed by atoms with van der Waals surface area (Å²) in [6.45, 7) is 5.85. The van der Waals surface area contributed by atoms with Gasteiger partial charge in [0.05, 0.1) is 0 Å². The zero-order valence-electron chi connectivity index (χ0n) is 14.3. The molecule has 5 heteroatoms. The first-order chi connectivity index (χ1) is 11.1. The molecule has 23 heavy (non-hydrogen) atoms. The normalized spacial score (nSPS) is 20.5. The van der Waals surface area contributed by atoms with E-state index < -0.39 is 0 Å². The van der Waals surface area contributed by atoms with E-state index in [9.17, 15) is 4.79 Å². The first kappa shape index (κ1) is 16.2. The standard InChI is InChI=1S/C18H28N4O/c1-13-12-14(2)20-18(19-13)22-10-8-16(9-11-22)21-17(23)15-6-4-3-5-7-15/h12,15-16H,3-11H2,1-2H3,(H,21,23). The maximum Gasteiger partial charge on any atom is 0.225 e. The second kappa shape index (κ2) is 7.28. The Balaban J connectivity index is 1.51. The van der Waals surface area contributed by atoms with Gasteiger partial charge in [-0.3, -0.25) is 4.79 Å². The quantitative estimate of drug-likeness (QED) is 0.931. The molecule has 3 rings (SSSR count). The fourth-order valence-corrected chi connectivity index (χ4v) is 3.76. The average Bonchev–Trinajstić information content (AvgIpc) is 2.55. The van der Waals surface area contributed by atoms with E-state index in [-0.39, 0.29) is 11.8 Å². The molecule has 5 nitrogen and oxygen atoms in total. The van der Waals surface area contributed by atoms with E-state index in [1.807, 2.05) is 19.9 Å². The van der Waals surface area contributed by atoms with E-state index in [0.717, 1.165) is 56.1 Å². The number of nitrogens with one attached hydrogen (secondary N) is 1. The lowest BCUT2D eigenvalue weighted by Gasteiger charge is -2.33. The molecular formula is C18H28N4O. The molecule has 126 valence electrons. The van der Waals surface area contributed by atoms with E-state index >= 15 is 0 Å². The molecule has 0 aromatic carbocycles. The number of nitrogens with zero attached hydrogens (tertiary/aromatic N) is 3. The molecular weight excluding hydrogens is 288 g/mol. The minimum Gasteiger partial charge on any atom is -0.353 e. The van der Waals surface area contributed by atoms with Crippen molar-refractivity contribution in [3.8, 4) is 0 Å². The summed E-state index contributed by atoms with van der Waals surface area (Å²) in [6.07, 6.45) is 7.81. The van der Waals surface area contributed by atoms with Gasteiger partial charge in [-0.1, -0.05) is 19.3 Å². The zero-order valence-corrected chi connectivity index (χ0v) is 14.3. The van der Waals surface area contributed by atoms with E-state index in [1.165, 1.54) is 19.3 Å².